The lowest BCUT2D eigenvalue weighted by Gasteiger charge is -2.12. The standard InChI is InChI=1S/C22H20FN5O2/c1-2-30-21-12-19(15-3-6-17(23)7-4-15)27-20-11-16(5-8-18(20)21)22(29)25-9-10-28-14-24-13-26-28/h3-8,11-14H,2,9-10H2,1H3,(H,25,29). The molecule has 2 aromatic carbocycles. The zero-order chi connectivity index (χ0) is 20.9. The van der Waals surface area contributed by atoms with E-state index in [0.717, 1.165) is 10.9 Å². The second-order valence-electron chi connectivity index (χ2n) is 6.59. The first-order valence-corrected chi connectivity index (χ1v) is 9.58. The monoisotopic (exact) mass is 405 g/mol. The number of benzene rings is 2. The van der Waals surface area contributed by atoms with Crippen LogP contribution in [0.1, 0.15) is 17.3 Å². The van der Waals surface area contributed by atoms with Crippen LogP contribution < -0.4 is 10.1 Å². The number of rotatable bonds is 7. The minimum absolute atomic E-state index is 0.205. The van der Waals surface area contributed by atoms with Crippen molar-refractivity contribution in [3.05, 3.63) is 72.6 Å². The van der Waals surface area contributed by atoms with Crippen LogP contribution in [0.5, 0.6) is 5.75 Å². The predicted octanol–water partition coefficient (Wildman–Crippen LogP) is 3.46. The fourth-order valence-corrected chi connectivity index (χ4v) is 3.12. The van der Waals surface area contributed by atoms with Crippen LogP contribution in [0, 0.1) is 5.82 Å². The van der Waals surface area contributed by atoms with Crippen molar-refractivity contribution in [1.29, 1.82) is 0 Å². The molecule has 4 aromatic rings. The number of halogens is 1. The highest BCUT2D eigenvalue weighted by molar-refractivity contribution is 5.99. The topological polar surface area (TPSA) is 81.9 Å². The van der Waals surface area contributed by atoms with E-state index < -0.39 is 0 Å². The molecule has 1 N–H and O–H groups in total. The molecule has 2 aromatic heterocycles. The van der Waals surface area contributed by atoms with E-state index in [1.807, 2.05) is 19.1 Å². The second-order valence-corrected chi connectivity index (χ2v) is 6.59. The van der Waals surface area contributed by atoms with Gasteiger partial charge in [0.1, 0.15) is 24.2 Å². The number of aromatic nitrogens is 4. The van der Waals surface area contributed by atoms with Gasteiger partial charge in [-0.25, -0.2) is 14.4 Å². The Hall–Kier alpha value is -3.81. The van der Waals surface area contributed by atoms with E-state index in [-0.39, 0.29) is 11.7 Å². The van der Waals surface area contributed by atoms with E-state index >= 15 is 0 Å². The van der Waals surface area contributed by atoms with Gasteiger partial charge in [0.25, 0.3) is 5.91 Å². The van der Waals surface area contributed by atoms with Crippen LogP contribution in [0.15, 0.2) is 61.2 Å². The van der Waals surface area contributed by atoms with Gasteiger partial charge in [0.15, 0.2) is 0 Å². The van der Waals surface area contributed by atoms with Crippen molar-refractivity contribution in [3.63, 3.8) is 0 Å². The number of ether oxygens (including phenoxy) is 1. The van der Waals surface area contributed by atoms with E-state index in [0.29, 0.717) is 42.2 Å². The van der Waals surface area contributed by atoms with Crippen LogP contribution >= 0.6 is 0 Å². The number of pyridine rings is 1. The summed E-state index contributed by atoms with van der Waals surface area (Å²) in [6.07, 6.45) is 3.05. The van der Waals surface area contributed by atoms with E-state index in [1.165, 1.54) is 18.5 Å². The van der Waals surface area contributed by atoms with Gasteiger partial charge in [0.05, 0.1) is 24.4 Å². The lowest BCUT2D eigenvalue weighted by Crippen LogP contribution is -2.27. The number of carbonyl (C=O) groups excluding carboxylic acids is 1. The Kier molecular flexibility index (Phi) is 5.65. The minimum Gasteiger partial charge on any atom is -0.493 e. The number of fused-ring (bicyclic) bond motifs is 1. The molecule has 0 fully saturated rings. The molecule has 0 saturated heterocycles. The summed E-state index contributed by atoms with van der Waals surface area (Å²) in [6.45, 7) is 3.35. The lowest BCUT2D eigenvalue weighted by atomic mass is 10.1. The number of carbonyl (C=O) groups is 1. The minimum atomic E-state index is -0.311. The van der Waals surface area contributed by atoms with E-state index in [4.69, 9.17) is 4.74 Å². The van der Waals surface area contributed by atoms with Crippen LogP contribution in [0.3, 0.4) is 0 Å². The summed E-state index contributed by atoms with van der Waals surface area (Å²) in [4.78, 5) is 21.1. The van der Waals surface area contributed by atoms with Gasteiger partial charge >= 0.3 is 0 Å². The van der Waals surface area contributed by atoms with Crippen molar-refractivity contribution in [2.75, 3.05) is 13.2 Å². The van der Waals surface area contributed by atoms with Crippen molar-refractivity contribution in [2.45, 2.75) is 13.5 Å². The summed E-state index contributed by atoms with van der Waals surface area (Å²) >= 11 is 0. The molecule has 0 saturated carbocycles. The van der Waals surface area contributed by atoms with Crippen molar-refractivity contribution in [3.8, 4) is 17.0 Å². The first-order valence-electron chi connectivity index (χ1n) is 9.58. The van der Waals surface area contributed by atoms with E-state index in [2.05, 4.69) is 20.4 Å². The summed E-state index contributed by atoms with van der Waals surface area (Å²) in [5.74, 6) is 0.151. The molecule has 0 radical (unpaired) electrons. The predicted molar refractivity (Wildman–Crippen MR) is 111 cm³/mol. The van der Waals surface area contributed by atoms with Gasteiger partial charge in [0.2, 0.25) is 0 Å². The van der Waals surface area contributed by atoms with Gasteiger partial charge in [-0.3, -0.25) is 9.48 Å². The maximum Gasteiger partial charge on any atom is 0.251 e. The first-order chi connectivity index (χ1) is 14.6. The summed E-state index contributed by atoms with van der Waals surface area (Å²) in [5, 5.41) is 7.68. The summed E-state index contributed by atoms with van der Waals surface area (Å²) in [5.41, 5.74) is 2.54. The Morgan fingerprint density at radius 1 is 1.17 bits per heavy atom. The van der Waals surface area contributed by atoms with Gasteiger partial charge < -0.3 is 10.1 Å². The Morgan fingerprint density at radius 3 is 2.73 bits per heavy atom. The SMILES string of the molecule is CCOc1cc(-c2ccc(F)cc2)nc2cc(C(=O)NCCn3cncn3)ccc12. The van der Waals surface area contributed by atoms with Crippen molar-refractivity contribution >= 4 is 16.8 Å². The molecule has 1 amide bonds. The molecular formula is C22H20FN5O2. The number of nitrogens with one attached hydrogen (secondary N) is 1. The average Bonchev–Trinajstić information content (AvgIpc) is 3.27. The maximum absolute atomic E-state index is 13.3. The molecule has 0 aliphatic carbocycles. The Labute approximate surface area is 172 Å². The fraction of sp³-hybridized carbons (Fsp3) is 0.182. The number of hydrogen-bond donors (Lipinski definition) is 1. The molecule has 0 aliphatic heterocycles. The lowest BCUT2D eigenvalue weighted by molar-refractivity contribution is 0.0952. The van der Waals surface area contributed by atoms with Crippen LogP contribution in [-0.4, -0.2) is 38.8 Å². The smallest absolute Gasteiger partial charge is 0.251 e. The Morgan fingerprint density at radius 2 is 2.00 bits per heavy atom. The number of hydrogen-bond acceptors (Lipinski definition) is 5. The van der Waals surface area contributed by atoms with E-state index in [9.17, 15) is 9.18 Å². The third-order valence-electron chi connectivity index (χ3n) is 4.57. The molecule has 8 heteroatoms. The van der Waals surface area contributed by atoms with Crippen LogP contribution in [-0.2, 0) is 6.54 Å². The second kappa shape index (κ2) is 8.69. The molecule has 30 heavy (non-hydrogen) atoms. The summed E-state index contributed by atoms with van der Waals surface area (Å²) in [6, 6.07) is 13.2. The summed E-state index contributed by atoms with van der Waals surface area (Å²) in [7, 11) is 0. The zero-order valence-electron chi connectivity index (χ0n) is 16.4. The number of nitrogens with zero attached hydrogens (tertiary/aromatic N) is 4. The van der Waals surface area contributed by atoms with Crippen molar-refractivity contribution in [1.82, 2.24) is 25.1 Å². The zero-order valence-corrected chi connectivity index (χ0v) is 16.4. The summed E-state index contributed by atoms with van der Waals surface area (Å²) < 4.78 is 20.7. The average molecular weight is 405 g/mol. The van der Waals surface area contributed by atoms with Gasteiger partial charge in [0, 0.05) is 29.1 Å². The molecule has 2 heterocycles. The molecule has 0 unspecified atom stereocenters. The number of amides is 1. The Balaban J connectivity index is 1.62. The van der Waals surface area contributed by atoms with Crippen LogP contribution in [0.25, 0.3) is 22.2 Å². The van der Waals surface area contributed by atoms with Crippen LogP contribution in [0.2, 0.25) is 0 Å². The molecule has 0 aliphatic rings. The molecule has 152 valence electrons. The van der Waals surface area contributed by atoms with Crippen LogP contribution in [0.4, 0.5) is 4.39 Å². The molecular weight excluding hydrogens is 385 g/mol. The molecule has 4 rings (SSSR count). The molecule has 0 atom stereocenters. The Bertz CT molecular complexity index is 1160. The van der Waals surface area contributed by atoms with Crippen molar-refractivity contribution < 1.29 is 13.9 Å². The van der Waals surface area contributed by atoms with Gasteiger partial charge in [-0.05, 0) is 49.4 Å². The highest BCUT2D eigenvalue weighted by Crippen LogP contribution is 2.31. The molecule has 7 nitrogen and oxygen atoms in total. The fourth-order valence-electron chi connectivity index (χ4n) is 3.12. The third kappa shape index (κ3) is 4.27. The third-order valence-corrected chi connectivity index (χ3v) is 4.57. The van der Waals surface area contributed by atoms with Gasteiger partial charge in [-0.15, -0.1) is 0 Å². The highest BCUT2D eigenvalue weighted by atomic mass is 19.1. The normalized spacial score (nSPS) is 10.9. The highest BCUT2D eigenvalue weighted by Gasteiger charge is 2.12. The van der Waals surface area contributed by atoms with E-state index in [1.54, 1.807) is 35.3 Å². The molecule has 0 spiro atoms. The van der Waals surface area contributed by atoms with Crippen molar-refractivity contribution in [2.24, 2.45) is 0 Å². The first kappa shape index (κ1) is 19.5. The quantitative estimate of drug-likeness (QED) is 0.509. The largest absolute Gasteiger partial charge is 0.493 e. The van der Waals surface area contributed by atoms with Gasteiger partial charge in [-0.2, -0.15) is 5.10 Å². The molecule has 0 bridgehead atoms. The van der Waals surface area contributed by atoms with Gasteiger partial charge in [-0.1, -0.05) is 0 Å². The maximum atomic E-state index is 13.3.